The maximum atomic E-state index is 13.3. The molecule has 4 nitrogen and oxygen atoms in total. The third-order valence-corrected chi connectivity index (χ3v) is 2.53. The lowest BCUT2D eigenvalue weighted by Gasteiger charge is -2.18. The molecule has 0 radical (unpaired) electrons. The van der Waals surface area contributed by atoms with Crippen molar-refractivity contribution in [3.8, 4) is 11.5 Å². The lowest BCUT2D eigenvalue weighted by atomic mass is 10.1. The Morgan fingerprint density at radius 3 is 2.58 bits per heavy atom. The van der Waals surface area contributed by atoms with Crippen molar-refractivity contribution in [3.05, 3.63) is 35.5 Å². The van der Waals surface area contributed by atoms with Gasteiger partial charge in [0.25, 0.3) is 0 Å². The van der Waals surface area contributed by atoms with Gasteiger partial charge in [-0.25, -0.2) is 4.39 Å². The first-order valence-corrected chi connectivity index (χ1v) is 6.18. The lowest BCUT2D eigenvalue weighted by Crippen LogP contribution is -2.35. The molecule has 1 N–H and O–H groups in total. The zero-order valence-corrected chi connectivity index (χ0v) is 11.6. The van der Waals surface area contributed by atoms with Gasteiger partial charge >= 0.3 is 0 Å². The lowest BCUT2D eigenvalue weighted by molar-refractivity contribution is 0.383. The number of rotatable bonds is 3. The van der Waals surface area contributed by atoms with Gasteiger partial charge < -0.3 is 9.73 Å². The van der Waals surface area contributed by atoms with E-state index in [4.69, 9.17) is 4.42 Å². The van der Waals surface area contributed by atoms with Gasteiger partial charge in [0.2, 0.25) is 11.8 Å². The van der Waals surface area contributed by atoms with Crippen molar-refractivity contribution in [2.24, 2.45) is 0 Å². The molecule has 0 saturated carbocycles. The van der Waals surface area contributed by atoms with Gasteiger partial charge in [0.15, 0.2) is 0 Å². The van der Waals surface area contributed by atoms with Crippen LogP contribution in [-0.2, 0) is 6.54 Å². The standard InChI is InChI=1S/C14H18FN3O/c1-9-5-10(7-11(15)6-9)13-18-17-12(19-13)8-16-14(2,3)4/h5-7,16H,8H2,1-4H3. The van der Waals surface area contributed by atoms with Crippen LogP contribution in [0.3, 0.4) is 0 Å². The van der Waals surface area contributed by atoms with Crippen LogP contribution in [0, 0.1) is 12.7 Å². The second kappa shape index (κ2) is 5.09. The van der Waals surface area contributed by atoms with E-state index in [2.05, 4.69) is 36.3 Å². The zero-order valence-electron chi connectivity index (χ0n) is 11.6. The number of hydrogen-bond donors (Lipinski definition) is 1. The van der Waals surface area contributed by atoms with E-state index in [1.54, 1.807) is 0 Å². The second-order valence-corrected chi connectivity index (χ2v) is 5.62. The Kier molecular flexibility index (Phi) is 3.66. The Labute approximate surface area is 112 Å². The molecule has 102 valence electrons. The Morgan fingerprint density at radius 2 is 1.95 bits per heavy atom. The summed E-state index contributed by atoms with van der Waals surface area (Å²) in [7, 11) is 0. The highest BCUT2D eigenvalue weighted by Gasteiger charge is 2.13. The average Bonchev–Trinajstić information content (AvgIpc) is 2.72. The fraction of sp³-hybridized carbons (Fsp3) is 0.429. The molecule has 5 heteroatoms. The molecule has 1 heterocycles. The minimum Gasteiger partial charge on any atom is -0.419 e. The Bertz CT molecular complexity index is 552. The summed E-state index contributed by atoms with van der Waals surface area (Å²) < 4.78 is 18.8. The Morgan fingerprint density at radius 1 is 1.21 bits per heavy atom. The number of aromatic nitrogens is 2. The van der Waals surface area contributed by atoms with Crippen LogP contribution in [0.15, 0.2) is 22.6 Å². The minimum atomic E-state index is -0.303. The van der Waals surface area contributed by atoms with Crippen molar-refractivity contribution in [1.29, 1.82) is 0 Å². The molecule has 0 bridgehead atoms. The summed E-state index contributed by atoms with van der Waals surface area (Å²) in [6, 6.07) is 4.67. The summed E-state index contributed by atoms with van der Waals surface area (Å²) in [5.41, 5.74) is 1.40. The molecule has 19 heavy (non-hydrogen) atoms. The van der Waals surface area contributed by atoms with Crippen molar-refractivity contribution in [3.63, 3.8) is 0 Å². The molecule has 0 amide bonds. The summed E-state index contributed by atoms with van der Waals surface area (Å²) in [5.74, 6) is 0.530. The molecule has 0 aliphatic rings. The predicted octanol–water partition coefficient (Wildman–Crippen LogP) is 3.07. The maximum Gasteiger partial charge on any atom is 0.247 e. The van der Waals surface area contributed by atoms with Crippen LogP contribution in [0.4, 0.5) is 4.39 Å². The van der Waals surface area contributed by atoms with Gasteiger partial charge in [0, 0.05) is 11.1 Å². The molecule has 0 saturated heterocycles. The third-order valence-electron chi connectivity index (χ3n) is 2.53. The monoisotopic (exact) mass is 263 g/mol. The van der Waals surface area contributed by atoms with E-state index in [0.29, 0.717) is 23.9 Å². The van der Waals surface area contributed by atoms with Gasteiger partial charge in [-0.3, -0.25) is 0 Å². The topological polar surface area (TPSA) is 51.0 Å². The summed E-state index contributed by atoms with van der Waals surface area (Å²) in [4.78, 5) is 0. The maximum absolute atomic E-state index is 13.3. The number of benzene rings is 1. The molecule has 2 aromatic rings. The molecule has 0 fully saturated rings. The first-order chi connectivity index (χ1) is 8.83. The van der Waals surface area contributed by atoms with E-state index in [9.17, 15) is 4.39 Å². The molecular weight excluding hydrogens is 245 g/mol. The molecule has 1 aromatic heterocycles. The highest BCUT2D eigenvalue weighted by molar-refractivity contribution is 5.53. The minimum absolute atomic E-state index is 0.0237. The van der Waals surface area contributed by atoms with Crippen molar-refractivity contribution >= 4 is 0 Å². The van der Waals surface area contributed by atoms with Gasteiger partial charge in [-0.15, -0.1) is 10.2 Å². The van der Waals surface area contributed by atoms with Crippen molar-refractivity contribution in [2.45, 2.75) is 39.8 Å². The first-order valence-electron chi connectivity index (χ1n) is 6.18. The highest BCUT2D eigenvalue weighted by atomic mass is 19.1. The van der Waals surface area contributed by atoms with E-state index in [0.717, 1.165) is 5.56 Å². The highest BCUT2D eigenvalue weighted by Crippen LogP contribution is 2.20. The van der Waals surface area contributed by atoms with Crippen LogP contribution in [0.1, 0.15) is 32.2 Å². The zero-order chi connectivity index (χ0) is 14.0. The fourth-order valence-corrected chi connectivity index (χ4v) is 1.64. The molecule has 1 aromatic carbocycles. The van der Waals surface area contributed by atoms with Crippen LogP contribution in [0.25, 0.3) is 11.5 Å². The van der Waals surface area contributed by atoms with Crippen LogP contribution in [0.2, 0.25) is 0 Å². The normalized spacial score (nSPS) is 11.8. The van der Waals surface area contributed by atoms with Crippen molar-refractivity contribution in [1.82, 2.24) is 15.5 Å². The number of nitrogens with zero attached hydrogens (tertiary/aromatic N) is 2. The molecule has 0 aliphatic carbocycles. The quantitative estimate of drug-likeness (QED) is 0.924. The smallest absolute Gasteiger partial charge is 0.247 e. The van der Waals surface area contributed by atoms with Gasteiger partial charge in [-0.2, -0.15) is 0 Å². The fourth-order valence-electron chi connectivity index (χ4n) is 1.64. The van der Waals surface area contributed by atoms with Crippen LogP contribution < -0.4 is 5.32 Å². The van der Waals surface area contributed by atoms with E-state index in [-0.39, 0.29) is 11.4 Å². The SMILES string of the molecule is Cc1cc(F)cc(-c2nnc(CNC(C)(C)C)o2)c1. The summed E-state index contributed by atoms with van der Waals surface area (Å²) >= 11 is 0. The van der Waals surface area contributed by atoms with Crippen LogP contribution >= 0.6 is 0 Å². The van der Waals surface area contributed by atoms with E-state index < -0.39 is 0 Å². The second-order valence-electron chi connectivity index (χ2n) is 5.62. The number of hydrogen-bond acceptors (Lipinski definition) is 4. The first kappa shape index (κ1) is 13.7. The Hall–Kier alpha value is -1.75. The average molecular weight is 263 g/mol. The molecule has 0 aliphatic heterocycles. The molecule has 0 atom stereocenters. The third kappa shape index (κ3) is 3.86. The van der Waals surface area contributed by atoms with E-state index in [1.807, 2.05) is 13.0 Å². The van der Waals surface area contributed by atoms with Gasteiger partial charge in [-0.1, -0.05) is 0 Å². The molecular formula is C14H18FN3O. The number of nitrogens with one attached hydrogen (secondary N) is 1. The summed E-state index contributed by atoms with van der Waals surface area (Å²) in [6.45, 7) is 8.48. The predicted molar refractivity (Wildman–Crippen MR) is 71.0 cm³/mol. The van der Waals surface area contributed by atoms with Crippen molar-refractivity contribution in [2.75, 3.05) is 0 Å². The van der Waals surface area contributed by atoms with Gasteiger partial charge in [0.1, 0.15) is 5.82 Å². The molecule has 2 rings (SSSR count). The summed E-state index contributed by atoms with van der Waals surface area (Å²) in [5, 5.41) is 11.2. The van der Waals surface area contributed by atoms with Gasteiger partial charge in [0.05, 0.1) is 6.54 Å². The molecule has 0 unspecified atom stereocenters. The summed E-state index contributed by atoms with van der Waals surface area (Å²) in [6.07, 6.45) is 0. The van der Waals surface area contributed by atoms with Crippen LogP contribution in [0.5, 0.6) is 0 Å². The molecule has 0 spiro atoms. The number of halogens is 1. The van der Waals surface area contributed by atoms with Crippen LogP contribution in [-0.4, -0.2) is 15.7 Å². The van der Waals surface area contributed by atoms with E-state index >= 15 is 0 Å². The largest absolute Gasteiger partial charge is 0.419 e. The Balaban J connectivity index is 2.16. The number of aryl methyl sites for hydroxylation is 1. The van der Waals surface area contributed by atoms with Gasteiger partial charge in [-0.05, 0) is 51.5 Å². The van der Waals surface area contributed by atoms with Crippen molar-refractivity contribution < 1.29 is 8.81 Å². The van der Waals surface area contributed by atoms with E-state index in [1.165, 1.54) is 12.1 Å².